The first-order chi connectivity index (χ1) is 11.7. The van der Waals surface area contributed by atoms with Crippen molar-refractivity contribution in [1.29, 1.82) is 5.26 Å². The van der Waals surface area contributed by atoms with E-state index < -0.39 is 0 Å². The first kappa shape index (κ1) is 17.1. The predicted octanol–water partition coefficient (Wildman–Crippen LogP) is 3.29. The molecule has 0 spiro atoms. The van der Waals surface area contributed by atoms with E-state index in [0.717, 1.165) is 18.7 Å². The van der Waals surface area contributed by atoms with Crippen molar-refractivity contribution in [2.75, 3.05) is 38.2 Å². The van der Waals surface area contributed by atoms with Gasteiger partial charge in [0.15, 0.2) is 5.15 Å². The van der Waals surface area contributed by atoms with Gasteiger partial charge in [-0.1, -0.05) is 23.7 Å². The molecule has 1 fully saturated rings. The van der Waals surface area contributed by atoms with Crippen LogP contribution >= 0.6 is 23.1 Å². The Morgan fingerprint density at radius 3 is 2.75 bits per heavy atom. The van der Waals surface area contributed by atoms with Crippen LogP contribution in [-0.4, -0.2) is 42.1 Å². The van der Waals surface area contributed by atoms with E-state index in [9.17, 15) is 9.65 Å². The lowest BCUT2D eigenvalue weighted by Crippen LogP contribution is -2.41. The summed E-state index contributed by atoms with van der Waals surface area (Å²) in [5, 5.41) is 13.3. The molecule has 2 heterocycles. The number of nitrogens with zero attached hydrogens (tertiary/aromatic N) is 3. The van der Waals surface area contributed by atoms with Crippen LogP contribution in [0.4, 0.5) is 9.39 Å². The minimum absolute atomic E-state index is 0.0434. The van der Waals surface area contributed by atoms with E-state index in [-0.39, 0.29) is 17.0 Å². The lowest BCUT2D eigenvalue weighted by molar-refractivity contribution is 0.0187. The quantitative estimate of drug-likeness (QED) is 0.879. The zero-order valence-corrected chi connectivity index (χ0v) is 14.4. The van der Waals surface area contributed by atoms with Crippen molar-refractivity contribution in [1.82, 2.24) is 9.27 Å². The smallest absolute Gasteiger partial charge is 0.162 e. The number of ether oxygens (including phenoxy) is 1. The Balaban J connectivity index is 1.79. The normalized spacial score (nSPS) is 16.5. The van der Waals surface area contributed by atoms with Crippen LogP contribution < -0.4 is 5.32 Å². The summed E-state index contributed by atoms with van der Waals surface area (Å²) in [7, 11) is 0. The third-order valence-corrected chi connectivity index (χ3v) is 5.14. The van der Waals surface area contributed by atoms with E-state index in [4.69, 9.17) is 16.3 Å². The lowest BCUT2D eigenvalue weighted by atomic mass is 10.0. The molecule has 1 N–H and O–H groups in total. The highest BCUT2D eigenvalue weighted by molar-refractivity contribution is 7.10. The highest BCUT2D eigenvalue weighted by Gasteiger charge is 2.23. The molecule has 24 heavy (non-hydrogen) atoms. The number of hydrogen-bond acceptors (Lipinski definition) is 6. The molecule has 0 unspecified atom stereocenters. The Morgan fingerprint density at radius 2 is 2.08 bits per heavy atom. The maximum Gasteiger partial charge on any atom is 0.162 e. The van der Waals surface area contributed by atoms with E-state index in [1.54, 1.807) is 12.1 Å². The first-order valence-electron chi connectivity index (χ1n) is 7.55. The standard InChI is InChI=1S/C16H16ClFN4OS/c17-15-13(9-19)16(24-21-15)20-10-14(22-5-7-23-8-6-22)11-1-3-12(18)4-2-11/h1-4,14,20H,5-8,10H2/t14-/m0/s1. The first-order valence-corrected chi connectivity index (χ1v) is 8.70. The maximum atomic E-state index is 13.2. The molecule has 5 nitrogen and oxygen atoms in total. The molecule has 1 aliphatic heterocycles. The minimum atomic E-state index is -0.256. The van der Waals surface area contributed by atoms with Gasteiger partial charge >= 0.3 is 0 Å². The summed E-state index contributed by atoms with van der Waals surface area (Å²) in [5.74, 6) is -0.256. The van der Waals surface area contributed by atoms with Crippen LogP contribution in [0.5, 0.6) is 0 Å². The Bertz CT molecular complexity index is 725. The van der Waals surface area contributed by atoms with Gasteiger partial charge in [-0.15, -0.1) is 0 Å². The van der Waals surface area contributed by atoms with E-state index >= 15 is 0 Å². The van der Waals surface area contributed by atoms with Crippen LogP contribution in [0.3, 0.4) is 0 Å². The van der Waals surface area contributed by atoms with Crippen molar-refractivity contribution >= 4 is 28.1 Å². The molecule has 0 radical (unpaired) electrons. The minimum Gasteiger partial charge on any atom is -0.379 e. The molecule has 1 atom stereocenters. The second kappa shape index (κ2) is 7.90. The monoisotopic (exact) mass is 366 g/mol. The fourth-order valence-electron chi connectivity index (χ4n) is 2.71. The second-order valence-electron chi connectivity index (χ2n) is 5.39. The molecule has 0 saturated carbocycles. The molecule has 0 aliphatic carbocycles. The van der Waals surface area contributed by atoms with Gasteiger partial charge in [-0.3, -0.25) is 4.90 Å². The molecule has 0 amide bonds. The topological polar surface area (TPSA) is 61.2 Å². The van der Waals surface area contributed by atoms with Crippen molar-refractivity contribution < 1.29 is 9.13 Å². The molecule has 126 valence electrons. The van der Waals surface area contributed by atoms with Crippen LogP contribution in [0.1, 0.15) is 17.2 Å². The number of morpholine rings is 1. The number of nitrogens with one attached hydrogen (secondary N) is 1. The summed E-state index contributed by atoms with van der Waals surface area (Å²) < 4.78 is 22.7. The van der Waals surface area contributed by atoms with Crippen molar-refractivity contribution in [2.45, 2.75) is 6.04 Å². The van der Waals surface area contributed by atoms with Gasteiger partial charge in [0.25, 0.3) is 0 Å². The van der Waals surface area contributed by atoms with Gasteiger partial charge in [-0.25, -0.2) is 4.39 Å². The molecule has 1 saturated heterocycles. The molecule has 1 aromatic carbocycles. The van der Waals surface area contributed by atoms with Crippen LogP contribution in [-0.2, 0) is 4.74 Å². The number of benzene rings is 1. The van der Waals surface area contributed by atoms with Gasteiger partial charge < -0.3 is 10.1 Å². The number of aromatic nitrogens is 1. The Kier molecular flexibility index (Phi) is 5.63. The maximum absolute atomic E-state index is 13.2. The van der Waals surface area contributed by atoms with Gasteiger partial charge in [0.1, 0.15) is 22.5 Å². The van der Waals surface area contributed by atoms with Crippen LogP contribution in [0, 0.1) is 17.1 Å². The Hall–Kier alpha value is -1.72. The van der Waals surface area contributed by atoms with Gasteiger partial charge in [-0.2, -0.15) is 9.64 Å². The van der Waals surface area contributed by atoms with Crippen molar-refractivity contribution in [3.63, 3.8) is 0 Å². The third kappa shape index (κ3) is 3.84. The Morgan fingerprint density at radius 1 is 1.38 bits per heavy atom. The van der Waals surface area contributed by atoms with Crippen LogP contribution in [0.25, 0.3) is 0 Å². The van der Waals surface area contributed by atoms with Crippen molar-refractivity contribution in [3.05, 3.63) is 46.4 Å². The second-order valence-corrected chi connectivity index (χ2v) is 6.52. The molecular formula is C16H16ClFN4OS. The predicted molar refractivity (Wildman–Crippen MR) is 91.9 cm³/mol. The van der Waals surface area contributed by atoms with E-state index in [0.29, 0.717) is 30.3 Å². The summed E-state index contributed by atoms with van der Waals surface area (Å²) >= 11 is 7.08. The zero-order valence-electron chi connectivity index (χ0n) is 12.8. The molecule has 8 heteroatoms. The highest BCUT2D eigenvalue weighted by atomic mass is 35.5. The summed E-state index contributed by atoms with van der Waals surface area (Å²) in [6, 6.07) is 8.63. The van der Waals surface area contributed by atoms with Gasteiger partial charge in [0, 0.05) is 19.6 Å². The Labute approximate surface area is 148 Å². The summed E-state index contributed by atoms with van der Waals surface area (Å²) in [5.41, 5.74) is 1.38. The highest BCUT2D eigenvalue weighted by Crippen LogP contribution is 2.29. The largest absolute Gasteiger partial charge is 0.379 e. The molecule has 3 rings (SSSR count). The summed E-state index contributed by atoms with van der Waals surface area (Å²) in [6.45, 7) is 3.52. The fourth-order valence-corrected chi connectivity index (χ4v) is 3.65. The third-order valence-electron chi connectivity index (χ3n) is 3.96. The van der Waals surface area contributed by atoms with E-state index in [1.165, 1.54) is 23.7 Å². The summed E-state index contributed by atoms with van der Waals surface area (Å²) in [6.07, 6.45) is 0. The molecule has 1 aromatic heterocycles. The number of nitriles is 1. The molecule has 1 aliphatic rings. The SMILES string of the molecule is N#Cc1c(Cl)nsc1NC[C@@H](c1ccc(F)cc1)N1CCOCC1. The van der Waals surface area contributed by atoms with Gasteiger partial charge in [0.2, 0.25) is 0 Å². The average molecular weight is 367 g/mol. The fraction of sp³-hybridized carbons (Fsp3) is 0.375. The molecule has 0 bridgehead atoms. The number of anilines is 1. The molecular weight excluding hydrogens is 351 g/mol. The molecule has 2 aromatic rings. The average Bonchev–Trinajstić information content (AvgIpc) is 2.97. The summed E-state index contributed by atoms with van der Waals surface area (Å²) in [4.78, 5) is 2.29. The van der Waals surface area contributed by atoms with Crippen molar-refractivity contribution in [3.8, 4) is 6.07 Å². The van der Waals surface area contributed by atoms with Crippen molar-refractivity contribution in [2.24, 2.45) is 0 Å². The van der Waals surface area contributed by atoms with Gasteiger partial charge in [-0.05, 0) is 29.2 Å². The van der Waals surface area contributed by atoms with Crippen LogP contribution in [0.2, 0.25) is 5.15 Å². The number of halogens is 2. The number of rotatable bonds is 5. The van der Waals surface area contributed by atoms with E-state index in [2.05, 4.69) is 20.7 Å². The van der Waals surface area contributed by atoms with E-state index in [1.807, 2.05) is 0 Å². The van der Waals surface area contributed by atoms with Gasteiger partial charge in [0.05, 0.1) is 19.3 Å². The van der Waals surface area contributed by atoms with Crippen LogP contribution in [0.15, 0.2) is 24.3 Å². The number of hydrogen-bond donors (Lipinski definition) is 1. The zero-order chi connectivity index (χ0) is 16.9. The lowest BCUT2D eigenvalue weighted by Gasteiger charge is -2.35.